The molecule has 0 aliphatic rings. The number of hydrogen-bond acceptors (Lipinski definition) is 5. The molecule has 13 aromatic rings. The van der Waals surface area contributed by atoms with Gasteiger partial charge in [0.1, 0.15) is 0 Å². The van der Waals surface area contributed by atoms with E-state index >= 15 is 0 Å². The lowest BCUT2D eigenvalue weighted by atomic mass is 9.99. The lowest BCUT2D eigenvalue weighted by molar-refractivity contribution is 0.953. The van der Waals surface area contributed by atoms with Gasteiger partial charge in [0.2, 0.25) is 5.95 Å². The second-order valence-electron chi connectivity index (χ2n) is 16.8. The molecule has 0 aliphatic carbocycles. The molecular weight excluding hydrogens is 831 g/mol. The van der Waals surface area contributed by atoms with Crippen molar-refractivity contribution in [2.45, 2.75) is 0 Å². The topological polar surface area (TPSA) is 74.3 Å². The Bertz CT molecular complexity index is 3950. The fourth-order valence-corrected chi connectivity index (χ4v) is 9.75. The van der Waals surface area contributed by atoms with Gasteiger partial charge in [0.05, 0.1) is 39.1 Å². The van der Waals surface area contributed by atoms with E-state index in [4.69, 9.17) is 24.9 Å². The Kier molecular flexibility index (Phi) is 9.35. The van der Waals surface area contributed by atoms with Crippen LogP contribution in [0.2, 0.25) is 0 Å². The van der Waals surface area contributed by atoms with Gasteiger partial charge in [-0.25, -0.2) is 15.0 Å². The summed E-state index contributed by atoms with van der Waals surface area (Å²) in [6.07, 6.45) is 0. The van der Waals surface area contributed by atoms with Crippen molar-refractivity contribution < 1.29 is 0 Å². The van der Waals surface area contributed by atoms with Gasteiger partial charge < -0.3 is 4.57 Å². The van der Waals surface area contributed by atoms with Crippen molar-refractivity contribution in [1.82, 2.24) is 34.1 Å². The fraction of sp³-hybridized carbons (Fsp3) is 0. The first-order chi connectivity index (χ1) is 33.7. The summed E-state index contributed by atoms with van der Waals surface area (Å²) in [5.74, 6) is 2.36. The zero-order chi connectivity index (χ0) is 45.0. The van der Waals surface area contributed by atoms with E-state index in [-0.39, 0.29) is 0 Å². The first-order valence-electron chi connectivity index (χ1n) is 22.8. The molecule has 0 saturated heterocycles. The van der Waals surface area contributed by atoms with Gasteiger partial charge in [-0.15, -0.1) is 0 Å². The Hall–Kier alpha value is -9.33. The molecule has 13 rings (SSSR count). The fourth-order valence-electron chi connectivity index (χ4n) is 9.75. The number of rotatable bonds is 8. The van der Waals surface area contributed by atoms with Crippen LogP contribution in [0.1, 0.15) is 0 Å². The summed E-state index contributed by atoms with van der Waals surface area (Å²) in [7, 11) is 0. The van der Waals surface area contributed by atoms with Crippen molar-refractivity contribution >= 4 is 43.6 Å². The van der Waals surface area contributed by atoms with E-state index in [9.17, 15) is 0 Å². The molecule has 9 aromatic carbocycles. The molecule has 0 aliphatic heterocycles. The quantitative estimate of drug-likeness (QED) is 0.152. The summed E-state index contributed by atoms with van der Waals surface area (Å²) in [6.45, 7) is 0. The second kappa shape index (κ2) is 16.3. The number of hydrogen-bond donors (Lipinski definition) is 0. The van der Waals surface area contributed by atoms with Crippen molar-refractivity contribution in [1.29, 1.82) is 0 Å². The SMILES string of the molecule is c1ccc(-c2cc(-c3ccccc3-n3c4ccccc4c4ccc5c6ccccc6n(-c6nc(-c7ccccc7)nc(-c7ccccc7-c7ccccc7)n6)c5c43)nc(-c3ccccc3)n2)cc1. The normalized spacial score (nSPS) is 11.5. The Balaban J connectivity index is 1.13. The molecule has 0 radical (unpaired) electrons. The average molecular weight is 870 g/mol. The Morgan fingerprint density at radius 1 is 0.265 bits per heavy atom. The highest BCUT2D eigenvalue weighted by Crippen LogP contribution is 2.43. The van der Waals surface area contributed by atoms with Gasteiger partial charge in [-0.2, -0.15) is 9.97 Å². The van der Waals surface area contributed by atoms with Crippen LogP contribution in [-0.4, -0.2) is 34.1 Å². The van der Waals surface area contributed by atoms with E-state index in [0.29, 0.717) is 23.4 Å². The first-order valence-corrected chi connectivity index (χ1v) is 22.8. The van der Waals surface area contributed by atoms with Crippen molar-refractivity contribution in [2.24, 2.45) is 0 Å². The van der Waals surface area contributed by atoms with Crippen LogP contribution < -0.4 is 0 Å². The molecule has 0 fully saturated rings. The maximum Gasteiger partial charge on any atom is 0.238 e. The smallest absolute Gasteiger partial charge is 0.238 e. The summed E-state index contributed by atoms with van der Waals surface area (Å²) >= 11 is 0. The molecule has 4 heterocycles. The second-order valence-corrected chi connectivity index (χ2v) is 16.8. The molecule has 4 aromatic heterocycles. The molecule has 0 spiro atoms. The lowest BCUT2D eigenvalue weighted by Crippen LogP contribution is -2.08. The molecule has 0 unspecified atom stereocenters. The van der Waals surface area contributed by atoms with Gasteiger partial charge in [-0.3, -0.25) is 4.57 Å². The molecule has 7 heteroatoms. The molecule has 7 nitrogen and oxygen atoms in total. The molecule has 0 N–H and O–H groups in total. The molecule has 0 atom stereocenters. The summed E-state index contributed by atoms with van der Waals surface area (Å²) < 4.78 is 4.66. The number of nitrogens with zero attached hydrogens (tertiary/aromatic N) is 7. The number of para-hydroxylation sites is 3. The molecule has 0 amide bonds. The maximum absolute atomic E-state index is 5.48. The van der Waals surface area contributed by atoms with E-state index in [0.717, 1.165) is 99.6 Å². The first kappa shape index (κ1) is 39.1. The van der Waals surface area contributed by atoms with Crippen LogP contribution in [0.3, 0.4) is 0 Å². The van der Waals surface area contributed by atoms with Crippen molar-refractivity contribution in [3.05, 3.63) is 237 Å². The summed E-state index contributed by atoms with van der Waals surface area (Å²) in [5.41, 5.74) is 13.6. The van der Waals surface area contributed by atoms with Crippen LogP contribution in [0.15, 0.2) is 237 Å². The minimum absolute atomic E-state index is 0.524. The van der Waals surface area contributed by atoms with Gasteiger partial charge in [0, 0.05) is 49.4 Å². The summed E-state index contributed by atoms with van der Waals surface area (Å²) in [4.78, 5) is 26.6. The minimum atomic E-state index is 0.524. The van der Waals surface area contributed by atoms with Crippen molar-refractivity contribution in [3.8, 4) is 79.4 Å². The highest BCUT2D eigenvalue weighted by molar-refractivity contribution is 6.24. The number of aromatic nitrogens is 7. The van der Waals surface area contributed by atoms with Gasteiger partial charge in [0.15, 0.2) is 17.5 Å². The van der Waals surface area contributed by atoms with E-state index in [1.165, 1.54) is 0 Å². The van der Waals surface area contributed by atoms with Crippen molar-refractivity contribution in [2.75, 3.05) is 0 Å². The van der Waals surface area contributed by atoms with Crippen LogP contribution in [-0.2, 0) is 0 Å². The summed E-state index contributed by atoms with van der Waals surface area (Å²) in [6, 6.07) is 82.0. The average Bonchev–Trinajstić information content (AvgIpc) is 3.95. The van der Waals surface area contributed by atoms with E-state index in [1.54, 1.807) is 0 Å². The third kappa shape index (κ3) is 6.56. The zero-order valence-electron chi connectivity index (χ0n) is 36.6. The molecule has 0 saturated carbocycles. The number of fused-ring (bicyclic) bond motifs is 7. The summed E-state index contributed by atoms with van der Waals surface area (Å²) in [5, 5.41) is 4.42. The van der Waals surface area contributed by atoms with Gasteiger partial charge in [-0.1, -0.05) is 212 Å². The minimum Gasteiger partial charge on any atom is -0.306 e. The lowest BCUT2D eigenvalue weighted by Gasteiger charge is -2.17. The van der Waals surface area contributed by atoms with Crippen LogP contribution in [0, 0.1) is 0 Å². The molecule has 68 heavy (non-hydrogen) atoms. The Morgan fingerprint density at radius 3 is 1.34 bits per heavy atom. The monoisotopic (exact) mass is 869 g/mol. The van der Waals surface area contributed by atoms with Crippen LogP contribution in [0.25, 0.3) is 123 Å². The Labute approximate surface area is 392 Å². The third-order valence-corrected chi connectivity index (χ3v) is 12.8. The van der Waals surface area contributed by atoms with E-state index in [2.05, 4.69) is 197 Å². The van der Waals surface area contributed by atoms with Crippen LogP contribution in [0.5, 0.6) is 0 Å². The molecule has 318 valence electrons. The standard InChI is InChI=1S/C61H39N7/c1-5-21-40(22-6-1)44-29-13-14-32-49(44)60-64-59(43-27-11-4-12-28-43)65-61(66-60)68-54-35-19-16-31-46(54)48-38-37-47-45-30-15-18-34-53(45)67(56(47)57(48)68)55-36-20-17-33-50(55)52-39-51(41-23-7-2-8-24-41)62-58(63-52)42-25-9-3-10-26-42/h1-39H. The molecule has 0 bridgehead atoms. The van der Waals surface area contributed by atoms with E-state index in [1.807, 2.05) is 48.5 Å². The number of benzene rings is 9. The predicted octanol–water partition coefficient (Wildman–Crippen LogP) is 14.9. The zero-order valence-corrected chi connectivity index (χ0v) is 36.6. The van der Waals surface area contributed by atoms with Crippen LogP contribution in [0.4, 0.5) is 0 Å². The third-order valence-electron chi connectivity index (χ3n) is 12.8. The van der Waals surface area contributed by atoms with Gasteiger partial charge in [-0.05, 0) is 35.4 Å². The Morgan fingerprint density at radius 2 is 0.706 bits per heavy atom. The highest BCUT2D eigenvalue weighted by atomic mass is 15.2. The van der Waals surface area contributed by atoms with Crippen molar-refractivity contribution in [3.63, 3.8) is 0 Å². The van der Waals surface area contributed by atoms with E-state index < -0.39 is 0 Å². The molecular formula is C61H39N7. The van der Waals surface area contributed by atoms with Gasteiger partial charge in [0.25, 0.3) is 0 Å². The predicted molar refractivity (Wildman–Crippen MR) is 277 cm³/mol. The highest BCUT2D eigenvalue weighted by Gasteiger charge is 2.25. The maximum atomic E-state index is 5.48. The largest absolute Gasteiger partial charge is 0.306 e. The van der Waals surface area contributed by atoms with Gasteiger partial charge >= 0.3 is 0 Å². The van der Waals surface area contributed by atoms with Crippen LogP contribution >= 0.6 is 0 Å².